The lowest BCUT2D eigenvalue weighted by atomic mass is 10.0. The summed E-state index contributed by atoms with van der Waals surface area (Å²) in [6, 6.07) is 66.2. The van der Waals surface area contributed by atoms with E-state index < -0.39 is 0 Å². The highest BCUT2D eigenvalue weighted by molar-refractivity contribution is 7.25. The van der Waals surface area contributed by atoms with Gasteiger partial charge < -0.3 is 9.47 Å². The van der Waals surface area contributed by atoms with Crippen molar-refractivity contribution in [2.24, 2.45) is 0 Å². The van der Waals surface area contributed by atoms with Crippen LogP contribution in [0.25, 0.3) is 69.6 Å². The molecule has 2 heterocycles. The summed E-state index contributed by atoms with van der Waals surface area (Å²) < 4.78 is 5.02. The molecule has 0 aliphatic rings. The Balaban J connectivity index is 1.18. The molecule has 0 unspecified atom stereocenters. The van der Waals surface area contributed by atoms with Crippen molar-refractivity contribution in [1.29, 1.82) is 0 Å². The SMILES string of the molecule is c1ccc(-c2ccc(N(c3ccc4cc5c(cc4c3)sc3ccccc35)c3ccc4c(c3)c3ccccc3n4-c3ccccc3)cc2)cc1. The molecule has 8 aromatic carbocycles. The number of hydrogen-bond donors (Lipinski definition) is 0. The molecule has 0 aliphatic carbocycles. The number of fused-ring (bicyclic) bond motifs is 7. The summed E-state index contributed by atoms with van der Waals surface area (Å²) in [5.74, 6) is 0. The van der Waals surface area contributed by atoms with Crippen LogP contribution in [0.1, 0.15) is 0 Å². The molecular formula is C46H30N2S. The Labute approximate surface area is 288 Å². The fourth-order valence-electron chi connectivity index (χ4n) is 7.43. The van der Waals surface area contributed by atoms with Gasteiger partial charge in [-0.1, -0.05) is 103 Å². The zero-order chi connectivity index (χ0) is 32.3. The van der Waals surface area contributed by atoms with E-state index in [9.17, 15) is 0 Å². The summed E-state index contributed by atoms with van der Waals surface area (Å²) in [7, 11) is 0. The first-order valence-corrected chi connectivity index (χ1v) is 17.5. The first-order chi connectivity index (χ1) is 24.3. The Kier molecular flexibility index (Phi) is 6.39. The Morgan fingerprint density at radius 1 is 0.367 bits per heavy atom. The van der Waals surface area contributed by atoms with Gasteiger partial charge in [0.1, 0.15) is 0 Å². The number of hydrogen-bond acceptors (Lipinski definition) is 2. The van der Waals surface area contributed by atoms with Gasteiger partial charge in [0.05, 0.1) is 11.0 Å². The van der Waals surface area contributed by atoms with Crippen LogP contribution in [0.15, 0.2) is 182 Å². The van der Waals surface area contributed by atoms with E-state index in [2.05, 4.69) is 191 Å². The molecule has 230 valence electrons. The first-order valence-electron chi connectivity index (χ1n) is 16.7. The summed E-state index contributed by atoms with van der Waals surface area (Å²) in [5.41, 5.74) is 9.36. The average molecular weight is 643 g/mol. The zero-order valence-electron chi connectivity index (χ0n) is 26.6. The number of anilines is 3. The highest BCUT2D eigenvalue weighted by atomic mass is 32.1. The van der Waals surface area contributed by atoms with Crippen molar-refractivity contribution in [1.82, 2.24) is 4.57 Å². The van der Waals surface area contributed by atoms with Gasteiger partial charge in [-0.25, -0.2) is 0 Å². The van der Waals surface area contributed by atoms with Crippen molar-refractivity contribution in [3.8, 4) is 16.8 Å². The standard InChI is InChI=1S/C46H30N2S/c1-3-11-31(12-4-1)32-19-22-36(23-20-32)47(37-24-21-33-28-42-40-16-8-10-18-45(40)49-46(42)29-34(33)27-37)38-25-26-44-41(30-38)39-15-7-9-17-43(39)48(44)35-13-5-2-6-14-35/h1-30H. The van der Waals surface area contributed by atoms with E-state index >= 15 is 0 Å². The van der Waals surface area contributed by atoms with Crippen molar-refractivity contribution in [3.63, 3.8) is 0 Å². The molecule has 0 aliphatic heterocycles. The summed E-state index contributed by atoms with van der Waals surface area (Å²) in [5, 5.41) is 7.62. The van der Waals surface area contributed by atoms with Crippen molar-refractivity contribution in [3.05, 3.63) is 182 Å². The fourth-order valence-corrected chi connectivity index (χ4v) is 8.57. The Bertz CT molecular complexity index is 2810. The number of para-hydroxylation sites is 2. The van der Waals surface area contributed by atoms with Gasteiger partial charge in [0.2, 0.25) is 0 Å². The quantitative estimate of drug-likeness (QED) is 0.181. The highest BCUT2D eigenvalue weighted by Gasteiger charge is 2.18. The maximum absolute atomic E-state index is 2.40. The normalized spacial score (nSPS) is 11.7. The van der Waals surface area contributed by atoms with Crippen LogP contribution in [0.3, 0.4) is 0 Å². The number of aromatic nitrogens is 1. The largest absolute Gasteiger partial charge is 0.310 e. The third kappa shape index (κ3) is 4.62. The van der Waals surface area contributed by atoms with Crippen molar-refractivity contribution in [2.75, 3.05) is 4.90 Å². The molecule has 10 rings (SSSR count). The smallest absolute Gasteiger partial charge is 0.0542 e. The van der Waals surface area contributed by atoms with Crippen LogP contribution in [-0.4, -0.2) is 4.57 Å². The second-order valence-corrected chi connectivity index (χ2v) is 13.7. The van der Waals surface area contributed by atoms with Crippen LogP contribution in [0, 0.1) is 0 Å². The number of benzene rings is 8. The third-order valence-corrected chi connectivity index (χ3v) is 10.9. The lowest BCUT2D eigenvalue weighted by Gasteiger charge is -2.26. The molecular weight excluding hydrogens is 613 g/mol. The lowest BCUT2D eigenvalue weighted by Crippen LogP contribution is -2.10. The molecule has 0 saturated carbocycles. The van der Waals surface area contributed by atoms with E-state index in [4.69, 9.17) is 0 Å². The molecule has 2 nitrogen and oxygen atoms in total. The summed E-state index contributed by atoms with van der Waals surface area (Å²) in [6.45, 7) is 0. The van der Waals surface area contributed by atoms with Crippen LogP contribution in [0.4, 0.5) is 17.1 Å². The van der Waals surface area contributed by atoms with E-state index in [-0.39, 0.29) is 0 Å². The molecule has 0 atom stereocenters. The molecule has 2 aromatic heterocycles. The molecule has 10 aromatic rings. The number of rotatable bonds is 5. The molecule has 0 N–H and O–H groups in total. The van der Waals surface area contributed by atoms with Crippen LogP contribution in [0.5, 0.6) is 0 Å². The average Bonchev–Trinajstić information content (AvgIpc) is 3.70. The van der Waals surface area contributed by atoms with Gasteiger partial charge in [-0.3, -0.25) is 0 Å². The van der Waals surface area contributed by atoms with Gasteiger partial charge in [0, 0.05) is 53.7 Å². The summed E-state index contributed by atoms with van der Waals surface area (Å²) in [6.07, 6.45) is 0. The summed E-state index contributed by atoms with van der Waals surface area (Å²) in [4.78, 5) is 2.40. The van der Waals surface area contributed by atoms with Gasteiger partial charge in [-0.05, 0) is 101 Å². The maximum Gasteiger partial charge on any atom is 0.0542 e. The van der Waals surface area contributed by atoms with Gasteiger partial charge >= 0.3 is 0 Å². The molecule has 0 radical (unpaired) electrons. The third-order valence-electron chi connectivity index (χ3n) is 9.74. The van der Waals surface area contributed by atoms with E-state index in [1.807, 2.05) is 11.3 Å². The minimum Gasteiger partial charge on any atom is -0.310 e. The number of nitrogens with zero attached hydrogens (tertiary/aromatic N) is 2. The maximum atomic E-state index is 2.40. The Morgan fingerprint density at radius 2 is 1.00 bits per heavy atom. The molecule has 0 fully saturated rings. The van der Waals surface area contributed by atoms with Gasteiger partial charge in [0.15, 0.2) is 0 Å². The molecule has 0 bridgehead atoms. The van der Waals surface area contributed by atoms with Crippen LogP contribution < -0.4 is 4.90 Å². The second-order valence-electron chi connectivity index (χ2n) is 12.6. The molecule has 0 amide bonds. The second kappa shape index (κ2) is 11.2. The first kappa shape index (κ1) is 27.9. The van der Waals surface area contributed by atoms with E-state index in [1.165, 1.54) is 63.9 Å². The Hall–Kier alpha value is -6.16. The Morgan fingerprint density at radius 3 is 1.84 bits per heavy atom. The van der Waals surface area contributed by atoms with Crippen LogP contribution in [0.2, 0.25) is 0 Å². The lowest BCUT2D eigenvalue weighted by molar-refractivity contribution is 1.18. The number of thiophene rings is 1. The van der Waals surface area contributed by atoms with Crippen molar-refractivity contribution < 1.29 is 0 Å². The summed E-state index contributed by atoms with van der Waals surface area (Å²) >= 11 is 1.87. The van der Waals surface area contributed by atoms with Crippen molar-refractivity contribution >= 4 is 81.1 Å². The van der Waals surface area contributed by atoms with E-state index in [0.29, 0.717) is 0 Å². The van der Waals surface area contributed by atoms with Gasteiger partial charge in [-0.15, -0.1) is 11.3 Å². The molecule has 49 heavy (non-hydrogen) atoms. The van der Waals surface area contributed by atoms with Crippen molar-refractivity contribution in [2.45, 2.75) is 0 Å². The van der Waals surface area contributed by atoms with Gasteiger partial charge in [0.25, 0.3) is 0 Å². The predicted molar refractivity (Wildman–Crippen MR) is 211 cm³/mol. The molecule has 0 spiro atoms. The molecule has 0 saturated heterocycles. The van der Waals surface area contributed by atoms with Crippen LogP contribution in [-0.2, 0) is 0 Å². The minimum absolute atomic E-state index is 1.12. The topological polar surface area (TPSA) is 8.17 Å². The van der Waals surface area contributed by atoms with E-state index in [1.54, 1.807) is 0 Å². The highest BCUT2D eigenvalue weighted by Crippen LogP contribution is 2.42. The predicted octanol–water partition coefficient (Wildman–Crippen LogP) is 13.4. The van der Waals surface area contributed by atoms with Crippen LogP contribution >= 0.6 is 11.3 Å². The monoisotopic (exact) mass is 642 g/mol. The zero-order valence-corrected chi connectivity index (χ0v) is 27.4. The fraction of sp³-hybridized carbons (Fsp3) is 0. The van der Waals surface area contributed by atoms with E-state index in [0.717, 1.165) is 22.7 Å². The minimum atomic E-state index is 1.12. The molecule has 3 heteroatoms. The van der Waals surface area contributed by atoms with Gasteiger partial charge in [-0.2, -0.15) is 0 Å².